The summed E-state index contributed by atoms with van der Waals surface area (Å²) in [6.45, 7) is 10.5. The quantitative estimate of drug-likeness (QED) is 0.0568. The fourth-order valence-corrected chi connectivity index (χ4v) is 8.52. The highest BCUT2D eigenvalue weighted by molar-refractivity contribution is 6.60. The van der Waals surface area contributed by atoms with Crippen LogP contribution >= 0.6 is 0 Å². The van der Waals surface area contributed by atoms with Crippen LogP contribution in [0.5, 0.6) is 0 Å². The first-order chi connectivity index (χ1) is 19.2. The first-order valence-corrected chi connectivity index (χ1v) is 20.1. The summed E-state index contributed by atoms with van der Waals surface area (Å²) in [7, 11) is -2.42. The van der Waals surface area contributed by atoms with Crippen molar-refractivity contribution < 1.29 is 13.3 Å². The average molecular weight is 571 g/mol. The number of rotatable bonds is 34. The van der Waals surface area contributed by atoms with E-state index in [2.05, 4.69) is 6.92 Å². The van der Waals surface area contributed by atoms with E-state index in [1.54, 1.807) is 0 Å². The minimum atomic E-state index is -2.42. The van der Waals surface area contributed by atoms with E-state index in [0.29, 0.717) is 19.8 Å². The summed E-state index contributed by atoms with van der Waals surface area (Å²) in [5.41, 5.74) is 0. The molecule has 0 atom stereocenters. The Kier molecular flexibility index (Phi) is 32.7. The first-order valence-electron chi connectivity index (χ1n) is 18.2. The molecule has 4 heteroatoms. The molecule has 0 aliphatic rings. The van der Waals surface area contributed by atoms with Gasteiger partial charge in [0.1, 0.15) is 0 Å². The Labute approximate surface area is 248 Å². The molecule has 0 unspecified atom stereocenters. The largest absolute Gasteiger partial charge is 0.500 e. The molecule has 0 rings (SSSR count). The third kappa shape index (κ3) is 28.0. The molecule has 0 heterocycles. The molecule has 3 nitrogen and oxygen atoms in total. The zero-order valence-corrected chi connectivity index (χ0v) is 28.6. The second kappa shape index (κ2) is 32.6. The van der Waals surface area contributed by atoms with Gasteiger partial charge in [-0.2, -0.15) is 0 Å². The topological polar surface area (TPSA) is 27.7 Å². The van der Waals surface area contributed by atoms with Crippen molar-refractivity contribution in [2.75, 3.05) is 19.8 Å². The van der Waals surface area contributed by atoms with Gasteiger partial charge in [-0.15, -0.1) is 0 Å². The highest BCUT2D eigenvalue weighted by Gasteiger charge is 2.39. The van der Waals surface area contributed by atoms with Crippen molar-refractivity contribution in [3.63, 3.8) is 0 Å². The molecule has 0 fully saturated rings. The molecule has 0 N–H and O–H groups in total. The summed E-state index contributed by atoms with van der Waals surface area (Å²) in [4.78, 5) is 0. The van der Waals surface area contributed by atoms with Crippen molar-refractivity contribution in [1.82, 2.24) is 0 Å². The van der Waals surface area contributed by atoms with E-state index in [1.807, 2.05) is 20.8 Å². The van der Waals surface area contributed by atoms with Crippen LogP contribution in [0, 0.1) is 0 Å². The van der Waals surface area contributed by atoms with Crippen LogP contribution in [0.1, 0.15) is 201 Å². The molecule has 0 aliphatic heterocycles. The van der Waals surface area contributed by atoms with Gasteiger partial charge in [-0.05, 0) is 27.2 Å². The summed E-state index contributed by atoms with van der Waals surface area (Å²) in [6.07, 6.45) is 38.8. The average Bonchev–Trinajstić information content (AvgIpc) is 2.93. The monoisotopic (exact) mass is 571 g/mol. The van der Waals surface area contributed by atoms with Gasteiger partial charge >= 0.3 is 8.80 Å². The van der Waals surface area contributed by atoms with E-state index >= 15 is 0 Å². The third-order valence-corrected chi connectivity index (χ3v) is 11.3. The van der Waals surface area contributed by atoms with Gasteiger partial charge < -0.3 is 13.3 Å². The van der Waals surface area contributed by atoms with E-state index in [-0.39, 0.29) is 0 Å². The number of hydrogen-bond donors (Lipinski definition) is 0. The van der Waals surface area contributed by atoms with Crippen LogP contribution in [0.4, 0.5) is 0 Å². The summed E-state index contributed by atoms with van der Waals surface area (Å²) in [5, 5.41) is 0. The molecule has 0 radical (unpaired) electrons. The van der Waals surface area contributed by atoms with Crippen LogP contribution in [-0.2, 0) is 13.3 Å². The normalized spacial score (nSPS) is 12.0. The highest BCUT2D eigenvalue weighted by atomic mass is 28.4. The second-order valence-electron chi connectivity index (χ2n) is 11.9. The van der Waals surface area contributed by atoms with E-state index in [9.17, 15) is 0 Å². The maximum atomic E-state index is 5.96. The summed E-state index contributed by atoms with van der Waals surface area (Å²) >= 11 is 0. The smallest absolute Gasteiger partial charge is 0.374 e. The third-order valence-electron chi connectivity index (χ3n) is 8.18. The van der Waals surface area contributed by atoms with Crippen molar-refractivity contribution in [3.05, 3.63) is 0 Å². The Bertz CT molecular complexity index is 429. The molecule has 0 aliphatic carbocycles. The predicted octanol–water partition coefficient (Wildman–Crippen LogP) is 12.6. The zero-order valence-electron chi connectivity index (χ0n) is 27.6. The Morgan fingerprint density at radius 3 is 0.692 bits per heavy atom. The summed E-state index contributed by atoms with van der Waals surface area (Å²) < 4.78 is 17.9. The van der Waals surface area contributed by atoms with Gasteiger partial charge in [0, 0.05) is 25.9 Å². The summed E-state index contributed by atoms with van der Waals surface area (Å²) in [6, 6.07) is 0.974. The van der Waals surface area contributed by atoms with Crippen LogP contribution < -0.4 is 0 Å². The molecule has 236 valence electrons. The van der Waals surface area contributed by atoms with Crippen LogP contribution in [0.15, 0.2) is 0 Å². The van der Waals surface area contributed by atoms with Crippen LogP contribution in [0.25, 0.3) is 0 Å². The lowest BCUT2D eigenvalue weighted by Gasteiger charge is -2.28. The Hall–Kier alpha value is 0.0969. The highest BCUT2D eigenvalue weighted by Crippen LogP contribution is 2.21. The molecule has 0 spiro atoms. The van der Waals surface area contributed by atoms with Crippen LogP contribution in [0.2, 0.25) is 6.04 Å². The fraction of sp³-hybridized carbons (Fsp3) is 1.00. The predicted molar refractivity (Wildman–Crippen MR) is 176 cm³/mol. The second-order valence-corrected chi connectivity index (χ2v) is 14.7. The van der Waals surface area contributed by atoms with E-state index < -0.39 is 8.80 Å². The summed E-state index contributed by atoms with van der Waals surface area (Å²) in [5.74, 6) is 0. The molecule has 0 aromatic heterocycles. The van der Waals surface area contributed by atoms with Gasteiger partial charge in [0.2, 0.25) is 0 Å². The molecular weight excluding hydrogens is 496 g/mol. The van der Waals surface area contributed by atoms with Gasteiger partial charge in [-0.25, -0.2) is 0 Å². The van der Waals surface area contributed by atoms with Crippen molar-refractivity contribution in [1.29, 1.82) is 0 Å². The minimum Gasteiger partial charge on any atom is -0.374 e. The van der Waals surface area contributed by atoms with Gasteiger partial charge in [0.25, 0.3) is 0 Å². The van der Waals surface area contributed by atoms with Gasteiger partial charge in [0.15, 0.2) is 0 Å². The lowest BCUT2D eigenvalue weighted by atomic mass is 10.0. The van der Waals surface area contributed by atoms with Gasteiger partial charge in [-0.3, -0.25) is 0 Å². The lowest BCUT2D eigenvalue weighted by Crippen LogP contribution is -2.45. The van der Waals surface area contributed by atoms with E-state index in [1.165, 1.54) is 173 Å². The van der Waals surface area contributed by atoms with Crippen molar-refractivity contribution in [2.45, 2.75) is 207 Å². The number of unbranched alkanes of at least 4 members (excludes halogenated alkanes) is 26. The Morgan fingerprint density at radius 2 is 0.487 bits per heavy atom. The Morgan fingerprint density at radius 1 is 0.282 bits per heavy atom. The molecular formula is C35H74O3Si. The Balaban J connectivity index is 3.27. The maximum absolute atomic E-state index is 5.96. The van der Waals surface area contributed by atoms with Gasteiger partial charge in [-0.1, -0.05) is 174 Å². The molecule has 0 amide bonds. The molecule has 0 aromatic rings. The van der Waals surface area contributed by atoms with Crippen molar-refractivity contribution in [2.24, 2.45) is 0 Å². The number of hydrogen-bond acceptors (Lipinski definition) is 3. The van der Waals surface area contributed by atoms with Crippen LogP contribution in [-0.4, -0.2) is 28.6 Å². The fourth-order valence-electron chi connectivity index (χ4n) is 5.84. The molecule has 0 saturated heterocycles. The standard InChI is InChI=1S/C35H74O3Si/c1-5-9-10-11-12-13-14-15-16-17-18-19-20-21-22-23-24-25-26-27-28-29-30-31-32-33-34-35-39(36-6-2,37-7-3)38-8-4/h5-35H2,1-4H3. The maximum Gasteiger partial charge on any atom is 0.500 e. The molecule has 39 heavy (non-hydrogen) atoms. The van der Waals surface area contributed by atoms with E-state index in [4.69, 9.17) is 13.3 Å². The molecule has 0 bridgehead atoms. The minimum absolute atomic E-state index is 0.686. The molecule has 0 saturated carbocycles. The zero-order chi connectivity index (χ0) is 28.5. The first kappa shape index (κ1) is 39.1. The molecule has 0 aromatic carbocycles. The van der Waals surface area contributed by atoms with E-state index in [0.717, 1.165) is 6.04 Å². The SMILES string of the molecule is CCCCCCCCCCCCCCCCCCCCCCCCCCCCC[Si](OCC)(OCC)OCC. The van der Waals surface area contributed by atoms with Crippen molar-refractivity contribution >= 4 is 8.80 Å². The van der Waals surface area contributed by atoms with Crippen LogP contribution in [0.3, 0.4) is 0 Å². The van der Waals surface area contributed by atoms with Gasteiger partial charge in [0.05, 0.1) is 0 Å². The van der Waals surface area contributed by atoms with Crippen molar-refractivity contribution in [3.8, 4) is 0 Å². The lowest BCUT2D eigenvalue weighted by molar-refractivity contribution is 0.0706.